The number of fused-ring (bicyclic) bond motifs is 1. The Morgan fingerprint density at radius 3 is 2.59 bits per heavy atom. The zero-order valence-electron chi connectivity index (χ0n) is 21.5. The van der Waals surface area contributed by atoms with Crippen LogP contribution in [-0.4, -0.2) is 57.7 Å². The van der Waals surface area contributed by atoms with Crippen molar-refractivity contribution in [1.82, 2.24) is 24.7 Å². The molecular formula is C26H30FN7O2S. The second-order valence-electron chi connectivity index (χ2n) is 10.1. The normalized spacial score (nSPS) is 17.9. The van der Waals surface area contributed by atoms with Crippen molar-refractivity contribution in [3.05, 3.63) is 54.4 Å². The average molecular weight is 524 g/mol. The minimum absolute atomic E-state index is 0.111. The number of hydrogen-bond acceptors (Lipinski definition) is 8. The molecular weight excluding hydrogens is 493 g/mol. The van der Waals surface area contributed by atoms with Crippen LogP contribution in [0, 0.1) is 11.9 Å². The third kappa shape index (κ3) is 5.00. The number of hydrogen-bond donors (Lipinski definition) is 1. The molecule has 1 saturated heterocycles. The van der Waals surface area contributed by atoms with Gasteiger partial charge in [0, 0.05) is 61.5 Å². The number of aryl methyl sites for hydroxylation is 1. The van der Waals surface area contributed by atoms with Gasteiger partial charge in [-0.2, -0.15) is 4.39 Å². The monoisotopic (exact) mass is 523 g/mol. The first kappa shape index (κ1) is 25.1. The summed E-state index contributed by atoms with van der Waals surface area (Å²) in [7, 11) is -1.38. The first-order valence-electron chi connectivity index (χ1n) is 12.2. The van der Waals surface area contributed by atoms with Gasteiger partial charge in [0.25, 0.3) is 0 Å². The van der Waals surface area contributed by atoms with Crippen molar-refractivity contribution in [2.75, 3.05) is 28.8 Å². The van der Waals surface area contributed by atoms with Gasteiger partial charge in [-0.1, -0.05) is 19.9 Å². The van der Waals surface area contributed by atoms with E-state index in [0.29, 0.717) is 18.2 Å². The number of sulfone groups is 1. The van der Waals surface area contributed by atoms with Gasteiger partial charge >= 0.3 is 0 Å². The van der Waals surface area contributed by atoms with E-state index < -0.39 is 15.8 Å². The lowest BCUT2D eigenvalue weighted by Crippen LogP contribution is -2.57. The van der Waals surface area contributed by atoms with E-state index in [0.717, 1.165) is 16.5 Å². The molecule has 194 valence electrons. The van der Waals surface area contributed by atoms with Crippen LogP contribution in [0.25, 0.3) is 22.2 Å². The number of benzene rings is 1. The van der Waals surface area contributed by atoms with E-state index >= 15 is 0 Å². The third-order valence-electron chi connectivity index (χ3n) is 6.90. The maximum atomic E-state index is 14.1. The summed E-state index contributed by atoms with van der Waals surface area (Å²) in [6.07, 6.45) is 6.24. The SMILES string of the molecule is CC(C)c1ccc(N2C[C@H](CS(C)(=O)=O)[C@H]2C)c2cnc(Nc3ccnc(-c4cn(C)nc4F)n3)cc12. The molecule has 37 heavy (non-hydrogen) atoms. The summed E-state index contributed by atoms with van der Waals surface area (Å²) in [6, 6.07) is 8.06. The molecule has 0 unspecified atom stereocenters. The van der Waals surface area contributed by atoms with Gasteiger partial charge in [0.15, 0.2) is 5.82 Å². The number of pyridine rings is 1. The van der Waals surface area contributed by atoms with Crippen molar-refractivity contribution in [2.24, 2.45) is 13.0 Å². The average Bonchev–Trinajstić information content (AvgIpc) is 3.18. The highest BCUT2D eigenvalue weighted by Crippen LogP contribution is 2.39. The van der Waals surface area contributed by atoms with E-state index in [1.165, 1.54) is 22.7 Å². The van der Waals surface area contributed by atoms with Crippen molar-refractivity contribution in [1.29, 1.82) is 0 Å². The predicted molar refractivity (Wildman–Crippen MR) is 143 cm³/mol. The highest BCUT2D eigenvalue weighted by atomic mass is 32.2. The van der Waals surface area contributed by atoms with Gasteiger partial charge in [0.2, 0.25) is 5.95 Å². The maximum absolute atomic E-state index is 14.1. The summed E-state index contributed by atoms with van der Waals surface area (Å²) >= 11 is 0. The summed E-state index contributed by atoms with van der Waals surface area (Å²) in [5, 5.41) is 9.03. The molecule has 4 heterocycles. The molecule has 0 saturated carbocycles. The topological polar surface area (TPSA) is 106 Å². The molecule has 0 radical (unpaired) electrons. The molecule has 1 aromatic carbocycles. The maximum Gasteiger partial charge on any atom is 0.243 e. The van der Waals surface area contributed by atoms with Crippen molar-refractivity contribution < 1.29 is 12.8 Å². The van der Waals surface area contributed by atoms with E-state index in [-0.39, 0.29) is 35.0 Å². The van der Waals surface area contributed by atoms with Gasteiger partial charge in [-0.05, 0) is 42.0 Å². The number of nitrogens with one attached hydrogen (secondary N) is 1. The molecule has 0 aliphatic carbocycles. The van der Waals surface area contributed by atoms with Crippen molar-refractivity contribution in [3.63, 3.8) is 0 Å². The smallest absolute Gasteiger partial charge is 0.243 e. The lowest BCUT2D eigenvalue weighted by Gasteiger charge is -2.48. The Bertz CT molecular complexity index is 1590. The molecule has 2 atom stereocenters. The lowest BCUT2D eigenvalue weighted by molar-refractivity contribution is 0.342. The van der Waals surface area contributed by atoms with E-state index in [1.54, 1.807) is 19.3 Å². The zero-order valence-corrected chi connectivity index (χ0v) is 22.3. The highest BCUT2D eigenvalue weighted by molar-refractivity contribution is 7.90. The zero-order chi connectivity index (χ0) is 26.5. The molecule has 4 aromatic rings. The van der Waals surface area contributed by atoms with Crippen molar-refractivity contribution in [3.8, 4) is 11.4 Å². The molecule has 1 fully saturated rings. The van der Waals surface area contributed by atoms with Gasteiger partial charge in [-0.25, -0.2) is 23.4 Å². The minimum atomic E-state index is -3.02. The number of rotatable bonds is 7. The van der Waals surface area contributed by atoms with Crippen molar-refractivity contribution >= 4 is 37.9 Å². The molecule has 0 spiro atoms. The van der Waals surface area contributed by atoms with Gasteiger partial charge < -0.3 is 10.2 Å². The number of anilines is 3. The molecule has 0 bridgehead atoms. The molecule has 11 heteroatoms. The predicted octanol–water partition coefficient (Wildman–Crippen LogP) is 4.30. The van der Waals surface area contributed by atoms with Crippen LogP contribution in [0.4, 0.5) is 21.7 Å². The van der Waals surface area contributed by atoms with Gasteiger partial charge in [-0.3, -0.25) is 4.68 Å². The summed E-state index contributed by atoms with van der Waals surface area (Å²) in [5.41, 5.74) is 2.46. The Labute approximate surface area is 215 Å². The molecule has 5 rings (SSSR count). The number of halogens is 1. The lowest BCUT2D eigenvalue weighted by atomic mass is 9.88. The Balaban J connectivity index is 1.47. The van der Waals surface area contributed by atoms with Crippen LogP contribution in [0.2, 0.25) is 0 Å². The summed E-state index contributed by atoms with van der Waals surface area (Å²) in [6.45, 7) is 7.06. The van der Waals surface area contributed by atoms with Crippen LogP contribution < -0.4 is 10.2 Å². The van der Waals surface area contributed by atoms with E-state index in [1.807, 2.05) is 12.3 Å². The first-order valence-corrected chi connectivity index (χ1v) is 14.2. The summed E-state index contributed by atoms with van der Waals surface area (Å²) in [4.78, 5) is 15.5. The standard InChI is InChI=1S/C26H30FN7O2S/c1-15(2)18-6-7-22(34-12-17(16(34)3)14-37(5,35)36)20-11-29-24(10-19(18)20)30-23-8-9-28-26(31-23)21-13-33(4)32-25(21)27/h6-11,13,15-17H,12,14H2,1-5H3,(H,28,29,30,31)/t16-,17-/m1/s1. The van der Waals surface area contributed by atoms with Crippen LogP contribution in [-0.2, 0) is 16.9 Å². The molecule has 3 aromatic heterocycles. The first-order chi connectivity index (χ1) is 17.5. The van der Waals surface area contributed by atoms with Crippen LogP contribution in [0.5, 0.6) is 0 Å². The van der Waals surface area contributed by atoms with Gasteiger partial charge in [0.05, 0.1) is 11.3 Å². The van der Waals surface area contributed by atoms with Gasteiger partial charge in [0.1, 0.15) is 21.5 Å². The Kier molecular flexibility index (Phi) is 6.35. The van der Waals surface area contributed by atoms with Crippen molar-refractivity contribution in [2.45, 2.75) is 32.7 Å². The number of aromatic nitrogens is 5. The van der Waals surface area contributed by atoms with Crippen LogP contribution in [0.3, 0.4) is 0 Å². The summed E-state index contributed by atoms with van der Waals surface area (Å²) in [5.74, 6) is 1.30. The van der Waals surface area contributed by atoms with E-state index in [9.17, 15) is 12.8 Å². The molecule has 1 aliphatic rings. The molecule has 0 amide bonds. The minimum Gasteiger partial charge on any atom is -0.368 e. The van der Waals surface area contributed by atoms with E-state index in [2.05, 4.69) is 63.2 Å². The Hall–Kier alpha value is -3.60. The van der Waals surface area contributed by atoms with E-state index in [4.69, 9.17) is 0 Å². The Morgan fingerprint density at radius 2 is 1.95 bits per heavy atom. The van der Waals surface area contributed by atoms with Crippen LogP contribution in [0.15, 0.2) is 42.9 Å². The summed E-state index contributed by atoms with van der Waals surface area (Å²) < 4.78 is 39.1. The fourth-order valence-corrected chi connectivity index (χ4v) is 6.12. The Morgan fingerprint density at radius 1 is 1.16 bits per heavy atom. The molecule has 1 aliphatic heterocycles. The fraction of sp³-hybridized carbons (Fsp3) is 0.385. The molecule has 1 N–H and O–H groups in total. The second-order valence-corrected chi connectivity index (χ2v) is 12.3. The largest absolute Gasteiger partial charge is 0.368 e. The molecule has 9 nitrogen and oxygen atoms in total. The van der Waals surface area contributed by atoms with Crippen LogP contribution >= 0.6 is 0 Å². The quantitative estimate of drug-likeness (QED) is 0.382. The van der Waals surface area contributed by atoms with Crippen LogP contribution in [0.1, 0.15) is 32.3 Å². The fourth-order valence-electron chi connectivity index (χ4n) is 4.96. The third-order valence-corrected chi connectivity index (χ3v) is 7.93. The number of nitrogens with zero attached hydrogens (tertiary/aromatic N) is 6. The van der Waals surface area contributed by atoms with Gasteiger partial charge in [-0.15, -0.1) is 5.10 Å². The highest BCUT2D eigenvalue weighted by Gasteiger charge is 2.38. The second kappa shape index (κ2) is 9.37.